The van der Waals surface area contributed by atoms with Crippen molar-refractivity contribution in [2.45, 2.75) is 32.3 Å². The highest BCUT2D eigenvalue weighted by Gasteiger charge is 2.24. The Morgan fingerprint density at radius 1 is 1.32 bits per heavy atom. The van der Waals surface area contributed by atoms with Crippen molar-refractivity contribution >= 4 is 29.3 Å². The number of hydrogen-bond donors (Lipinski definition) is 3. The van der Waals surface area contributed by atoms with Crippen molar-refractivity contribution in [1.82, 2.24) is 4.90 Å². The predicted molar refractivity (Wildman–Crippen MR) is 111 cm³/mol. The molecule has 0 radical (unpaired) electrons. The van der Waals surface area contributed by atoms with Gasteiger partial charge >= 0.3 is 12.1 Å². The number of rotatable bonds is 7. The Morgan fingerprint density at radius 3 is 2.61 bits per heavy atom. The number of piperidine rings is 1. The summed E-state index contributed by atoms with van der Waals surface area (Å²) in [6.45, 7) is 3.37. The van der Waals surface area contributed by atoms with E-state index < -0.39 is 23.8 Å². The fraction of sp³-hybridized carbons (Fsp3) is 0.476. The van der Waals surface area contributed by atoms with Gasteiger partial charge in [0.25, 0.3) is 0 Å². The molecule has 31 heavy (non-hydrogen) atoms. The minimum atomic E-state index is -0.980. The van der Waals surface area contributed by atoms with Crippen LogP contribution in [0.25, 0.3) is 0 Å². The lowest BCUT2D eigenvalue weighted by Crippen LogP contribution is -2.35. The molecule has 1 aromatic carbocycles. The van der Waals surface area contributed by atoms with E-state index in [-0.39, 0.29) is 29.6 Å². The van der Waals surface area contributed by atoms with Crippen molar-refractivity contribution in [3.05, 3.63) is 35.2 Å². The Hall–Kier alpha value is -3.14. The standard InChI is InChI=1S/C21H26FN3O6/c1-2-30-20(27)15-3-4-16(19(18(15)22)23-12-14-7-10-31-14)24-17(26)11-13-5-8-25(9-6-13)21(28)29/h3-4,11,14,23H,2,5-10,12H2,1H3,(H,24,26)(H,28,29). The summed E-state index contributed by atoms with van der Waals surface area (Å²) in [4.78, 5) is 36.8. The molecule has 2 fully saturated rings. The first-order valence-corrected chi connectivity index (χ1v) is 10.2. The molecule has 168 valence electrons. The molecule has 0 aliphatic carbocycles. The van der Waals surface area contributed by atoms with Crippen LogP contribution in [0, 0.1) is 5.82 Å². The maximum Gasteiger partial charge on any atom is 0.407 e. The van der Waals surface area contributed by atoms with E-state index in [9.17, 15) is 14.4 Å². The Bertz CT molecular complexity index is 874. The predicted octanol–water partition coefficient (Wildman–Crippen LogP) is 2.84. The molecule has 9 nitrogen and oxygen atoms in total. The largest absolute Gasteiger partial charge is 0.465 e. The third kappa shape index (κ3) is 5.72. The summed E-state index contributed by atoms with van der Waals surface area (Å²) < 4.78 is 25.3. The Morgan fingerprint density at radius 2 is 2.03 bits per heavy atom. The second-order valence-corrected chi connectivity index (χ2v) is 7.29. The van der Waals surface area contributed by atoms with Crippen molar-refractivity contribution in [1.29, 1.82) is 0 Å². The van der Waals surface area contributed by atoms with E-state index in [2.05, 4.69) is 10.6 Å². The summed E-state index contributed by atoms with van der Waals surface area (Å²) in [6, 6.07) is 2.72. The molecular formula is C21H26FN3O6. The van der Waals surface area contributed by atoms with Gasteiger partial charge < -0.3 is 30.1 Å². The van der Waals surface area contributed by atoms with Gasteiger partial charge in [-0.3, -0.25) is 4.79 Å². The van der Waals surface area contributed by atoms with E-state index in [0.717, 1.165) is 12.0 Å². The molecule has 0 saturated carbocycles. The van der Waals surface area contributed by atoms with Crippen LogP contribution in [0.4, 0.5) is 20.6 Å². The summed E-state index contributed by atoms with van der Waals surface area (Å²) >= 11 is 0. The van der Waals surface area contributed by atoms with Gasteiger partial charge in [0.15, 0.2) is 5.82 Å². The van der Waals surface area contributed by atoms with Crippen LogP contribution < -0.4 is 10.6 Å². The number of benzene rings is 1. The highest BCUT2D eigenvalue weighted by molar-refractivity contribution is 6.03. The Labute approximate surface area is 179 Å². The Kier molecular flexibility index (Phi) is 7.45. The number of carbonyl (C=O) groups is 3. The van der Waals surface area contributed by atoms with Crippen molar-refractivity contribution < 1.29 is 33.4 Å². The lowest BCUT2D eigenvalue weighted by molar-refractivity contribution is -0.112. The molecule has 3 rings (SSSR count). The van der Waals surface area contributed by atoms with Gasteiger partial charge in [0.05, 0.1) is 29.6 Å². The van der Waals surface area contributed by atoms with Gasteiger partial charge in [-0.15, -0.1) is 0 Å². The summed E-state index contributed by atoms with van der Waals surface area (Å²) in [5.74, 6) is -2.05. The minimum absolute atomic E-state index is 0.00602. The Balaban J connectivity index is 1.74. The molecule has 0 aromatic heterocycles. The highest BCUT2D eigenvalue weighted by atomic mass is 19.1. The van der Waals surface area contributed by atoms with Crippen LogP contribution in [0.15, 0.2) is 23.8 Å². The van der Waals surface area contributed by atoms with Crippen molar-refractivity contribution in [2.24, 2.45) is 0 Å². The molecule has 2 amide bonds. The van der Waals surface area contributed by atoms with Gasteiger partial charge in [0.2, 0.25) is 5.91 Å². The lowest BCUT2D eigenvalue weighted by atomic mass is 10.0. The van der Waals surface area contributed by atoms with Crippen molar-refractivity contribution in [3.8, 4) is 0 Å². The van der Waals surface area contributed by atoms with E-state index in [1.807, 2.05) is 0 Å². The SMILES string of the molecule is CCOC(=O)c1ccc(NC(=O)C=C2CCN(C(=O)O)CC2)c(NCC2CCO2)c1F. The first kappa shape index (κ1) is 22.5. The van der Waals surface area contributed by atoms with Crippen LogP contribution in [0.3, 0.4) is 0 Å². The van der Waals surface area contributed by atoms with E-state index in [0.29, 0.717) is 39.1 Å². The first-order chi connectivity index (χ1) is 14.9. The fourth-order valence-corrected chi connectivity index (χ4v) is 3.36. The summed E-state index contributed by atoms with van der Waals surface area (Å²) in [5, 5.41) is 14.6. The number of carbonyl (C=O) groups excluding carboxylic acids is 2. The first-order valence-electron chi connectivity index (χ1n) is 10.2. The zero-order valence-electron chi connectivity index (χ0n) is 17.3. The quantitative estimate of drug-likeness (QED) is 0.445. The topological polar surface area (TPSA) is 117 Å². The average molecular weight is 435 g/mol. The summed E-state index contributed by atoms with van der Waals surface area (Å²) in [5.41, 5.74) is 0.774. The number of esters is 1. The monoisotopic (exact) mass is 435 g/mol. The molecule has 2 heterocycles. The molecule has 0 bridgehead atoms. The number of hydrogen-bond acceptors (Lipinski definition) is 6. The summed E-state index contributed by atoms with van der Waals surface area (Å²) in [7, 11) is 0. The number of amides is 2. The fourth-order valence-electron chi connectivity index (χ4n) is 3.36. The van der Waals surface area contributed by atoms with Gasteiger partial charge in [-0.1, -0.05) is 5.57 Å². The van der Waals surface area contributed by atoms with E-state index in [1.165, 1.54) is 23.1 Å². The van der Waals surface area contributed by atoms with Gasteiger partial charge in [0.1, 0.15) is 0 Å². The van der Waals surface area contributed by atoms with E-state index in [1.54, 1.807) is 6.92 Å². The van der Waals surface area contributed by atoms with Crippen LogP contribution in [-0.4, -0.2) is 66.9 Å². The molecule has 1 aromatic rings. The maximum atomic E-state index is 15.1. The third-order valence-electron chi connectivity index (χ3n) is 5.21. The van der Waals surface area contributed by atoms with E-state index >= 15 is 4.39 Å². The van der Waals surface area contributed by atoms with Crippen LogP contribution in [0.5, 0.6) is 0 Å². The number of carboxylic acid groups (broad SMARTS) is 1. The number of halogens is 1. The smallest absolute Gasteiger partial charge is 0.407 e. The zero-order valence-corrected chi connectivity index (χ0v) is 17.3. The second kappa shape index (κ2) is 10.3. The third-order valence-corrected chi connectivity index (χ3v) is 5.21. The number of anilines is 2. The van der Waals surface area contributed by atoms with Crippen molar-refractivity contribution in [2.75, 3.05) is 43.5 Å². The molecular weight excluding hydrogens is 409 g/mol. The number of likely N-dealkylation sites (tertiary alicyclic amines) is 1. The van der Waals surface area contributed by atoms with Gasteiger partial charge in [0, 0.05) is 32.3 Å². The van der Waals surface area contributed by atoms with Crippen molar-refractivity contribution in [3.63, 3.8) is 0 Å². The van der Waals surface area contributed by atoms with Gasteiger partial charge in [-0.05, 0) is 38.3 Å². The van der Waals surface area contributed by atoms with E-state index in [4.69, 9.17) is 14.6 Å². The average Bonchev–Trinajstić information content (AvgIpc) is 2.69. The molecule has 2 aliphatic rings. The normalized spacial score (nSPS) is 18.1. The highest BCUT2D eigenvalue weighted by Crippen LogP contribution is 2.29. The molecule has 3 N–H and O–H groups in total. The van der Waals surface area contributed by atoms with Crippen LogP contribution in [0.2, 0.25) is 0 Å². The lowest BCUT2D eigenvalue weighted by Gasteiger charge is -2.27. The van der Waals surface area contributed by atoms with Crippen LogP contribution in [-0.2, 0) is 14.3 Å². The second-order valence-electron chi connectivity index (χ2n) is 7.29. The van der Waals surface area contributed by atoms with Gasteiger partial charge in [-0.25, -0.2) is 14.0 Å². The van der Waals surface area contributed by atoms with Gasteiger partial charge in [-0.2, -0.15) is 0 Å². The molecule has 2 saturated heterocycles. The number of nitrogens with one attached hydrogen (secondary N) is 2. The minimum Gasteiger partial charge on any atom is -0.465 e. The maximum absolute atomic E-state index is 15.1. The molecule has 1 atom stereocenters. The molecule has 1 unspecified atom stereocenters. The number of ether oxygens (including phenoxy) is 2. The molecule has 10 heteroatoms. The molecule has 0 spiro atoms. The zero-order chi connectivity index (χ0) is 22.4. The summed E-state index contributed by atoms with van der Waals surface area (Å²) in [6.07, 6.45) is 2.13. The molecule has 2 aliphatic heterocycles. The van der Waals surface area contributed by atoms with Crippen LogP contribution in [0.1, 0.15) is 36.5 Å². The van der Waals surface area contributed by atoms with Crippen LogP contribution >= 0.6 is 0 Å². The number of nitrogens with zero attached hydrogens (tertiary/aromatic N) is 1.